The maximum Gasteiger partial charge on any atom is 0.156 e. The SMILES string of the molecule is N#Cc1ccc2cc(C#N)c3nc4ccccc4n3c2c1. The first-order chi connectivity index (χ1) is 10.3. The lowest BCUT2D eigenvalue weighted by atomic mass is 10.1. The zero-order chi connectivity index (χ0) is 14.4. The van der Waals surface area contributed by atoms with Crippen molar-refractivity contribution in [3.63, 3.8) is 0 Å². The van der Waals surface area contributed by atoms with E-state index in [2.05, 4.69) is 17.1 Å². The van der Waals surface area contributed by atoms with Crippen LogP contribution in [0.1, 0.15) is 11.1 Å². The largest absolute Gasteiger partial charge is 0.291 e. The van der Waals surface area contributed by atoms with Crippen molar-refractivity contribution in [1.82, 2.24) is 9.38 Å². The molecule has 0 radical (unpaired) electrons. The molecule has 4 heteroatoms. The Labute approximate surface area is 120 Å². The van der Waals surface area contributed by atoms with Gasteiger partial charge in [0.15, 0.2) is 5.65 Å². The van der Waals surface area contributed by atoms with E-state index in [1.54, 1.807) is 6.07 Å². The van der Waals surface area contributed by atoms with Gasteiger partial charge in [0.25, 0.3) is 0 Å². The summed E-state index contributed by atoms with van der Waals surface area (Å²) in [5.41, 5.74) is 4.40. The molecule has 4 rings (SSSR count). The molecular weight excluding hydrogens is 260 g/mol. The van der Waals surface area contributed by atoms with E-state index in [1.165, 1.54) is 0 Å². The molecule has 0 atom stereocenters. The zero-order valence-corrected chi connectivity index (χ0v) is 10.9. The van der Waals surface area contributed by atoms with Crippen LogP contribution in [0.3, 0.4) is 0 Å². The smallest absolute Gasteiger partial charge is 0.156 e. The molecule has 0 bridgehead atoms. The molecule has 21 heavy (non-hydrogen) atoms. The van der Waals surface area contributed by atoms with Gasteiger partial charge in [-0.2, -0.15) is 10.5 Å². The van der Waals surface area contributed by atoms with Gasteiger partial charge in [-0.1, -0.05) is 18.2 Å². The van der Waals surface area contributed by atoms with Crippen molar-refractivity contribution in [1.29, 1.82) is 10.5 Å². The lowest BCUT2D eigenvalue weighted by molar-refractivity contribution is 1.28. The van der Waals surface area contributed by atoms with Crippen molar-refractivity contribution in [2.45, 2.75) is 0 Å². The predicted octanol–water partition coefficient (Wildman–Crippen LogP) is 3.38. The summed E-state index contributed by atoms with van der Waals surface area (Å²) in [6, 6.07) is 19.4. The molecule has 0 aliphatic heterocycles. The summed E-state index contributed by atoms with van der Waals surface area (Å²) in [6.07, 6.45) is 0. The van der Waals surface area contributed by atoms with Gasteiger partial charge < -0.3 is 0 Å². The second-order valence-corrected chi connectivity index (χ2v) is 4.81. The van der Waals surface area contributed by atoms with Crippen LogP contribution < -0.4 is 0 Å². The number of rotatable bonds is 0. The fourth-order valence-corrected chi connectivity index (χ4v) is 2.68. The minimum Gasteiger partial charge on any atom is -0.291 e. The number of hydrogen-bond donors (Lipinski definition) is 0. The Morgan fingerprint density at radius 3 is 2.57 bits per heavy atom. The minimum absolute atomic E-state index is 0.531. The normalized spacial score (nSPS) is 10.8. The maximum absolute atomic E-state index is 9.37. The van der Waals surface area contributed by atoms with Gasteiger partial charge in [-0.25, -0.2) is 4.98 Å². The van der Waals surface area contributed by atoms with Crippen LogP contribution in [0.25, 0.3) is 27.6 Å². The average Bonchev–Trinajstić information content (AvgIpc) is 2.93. The van der Waals surface area contributed by atoms with Crippen LogP contribution in [0.15, 0.2) is 48.5 Å². The molecule has 0 saturated carbocycles. The van der Waals surface area contributed by atoms with E-state index in [1.807, 2.05) is 46.9 Å². The Kier molecular flexibility index (Phi) is 2.22. The minimum atomic E-state index is 0.531. The quantitative estimate of drug-likeness (QED) is 0.491. The highest BCUT2D eigenvalue weighted by Crippen LogP contribution is 2.26. The molecule has 0 amide bonds. The van der Waals surface area contributed by atoms with Gasteiger partial charge in [-0.05, 0) is 30.3 Å². The third kappa shape index (κ3) is 1.51. The van der Waals surface area contributed by atoms with Crippen LogP contribution in [-0.4, -0.2) is 9.38 Å². The van der Waals surface area contributed by atoms with Crippen molar-refractivity contribution in [2.75, 3.05) is 0 Å². The van der Waals surface area contributed by atoms with Gasteiger partial charge in [0.05, 0.1) is 33.7 Å². The highest BCUT2D eigenvalue weighted by Gasteiger charge is 2.12. The molecule has 4 nitrogen and oxygen atoms in total. The molecule has 0 fully saturated rings. The summed E-state index contributed by atoms with van der Waals surface area (Å²) in [4.78, 5) is 4.55. The molecule has 2 aromatic heterocycles. The number of para-hydroxylation sites is 2. The number of imidazole rings is 1. The number of nitrogens with zero attached hydrogens (tertiary/aromatic N) is 4. The van der Waals surface area contributed by atoms with Crippen LogP contribution >= 0.6 is 0 Å². The molecular formula is C17H8N4. The lowest BCUT2D eigenvalue weighted by Crippen LogP contribution is -1.93. The average molecular weight is 268 g/mol. The van der Waals surface area contributed by atoms with Gasteiger partial charge >= 0.3 is 0 Å². The Balaban J connectivity index is 2.36. The van der Waals surface area contributed by atoms with Crippen molar-refractivity contribution >= 4 is 27.6 Å². The molecule has 2 heterocycles. The molecule has 0 N–H and O–H groups in total. The van der Waals surface area contributed by atoms with E-state index < -0.39 is 0 Å². The molecule has 0 unspecified atom stereocenters. The van der Waals surface area contributed by atoms with E-state index in [4.69, 9.17) is 5.26 Å². The van der Waals surface area contributed by atoms with Gasteiger partial charge in [0.1, 0.15) is 6.07 Å². The molecule has 0 aliphatic carbocycles. The Hall–Kier alpha value is -3.37. The Bertz CT molecular complexity index is 1110. The van der Waals surface area contributed by atoms with Crippen LogP contribution in [0.2, 0.25) is 0 Å². The van der Waals surface area contributed by atoms with Gasteiger partial charge in [0, 0.05) is 5.39 Å². The lowest BCUT2D eigenvalue weighted by Gasteiger charge is -2.05. The fourth-order valence-electron chi connectivity index (χ4n) is 2.68. The summed E-state index contributed by atoms with van der Waals surface area (Å²) in [5, 5.41) is 19.4. The van der Waals surface area contributed by atoms with E-state index in [9.17, 15) is 5.26 Å². The highest BCUT2D eigenvalue weighted by atomic mass is 15.0. The number of nitriles is 2. The third-order valence-electron chi connectivity index (χ3n) is 3.62. The van der Waals surface area contributed by atoms with Crippen LogP contribution in [0, 0.1) is 22.7 Å². The summed E-state index contributed by atoms with van der Waals surface area (Å²) in [7, 11) is 0. The van der Waals surface area contributed by atoms with Crippen LogP contribution in [0.4, 0.5) is 0 Å². The topological polar surface area (TPSA) is 64.9 Å². The third-order valence-corrected chi connectivity index (χ3v) is 3.62. The van der Waals surface area contributed by atoms with Gasteiger partial charge in [-0.3, -0.25) is 4.40 Å². The van der Waals surface area contributed by atoms with Crippen molar-refractivity contribution in [3.8, 4) is 12.1 Å². The number of aromatic nitrogens is 2. The molecule has 0 saturated heterocycles. The summed E-state index contributed by atoms with van der Waals surface area (Å²) >= 11 is 0. The first-order valence-electron chi connectivity index (χ1n) is 6.46. The van der Waals surface area contributed by atoms with Gasteiger partial charge in [-0.15, -0.1) is 0 Å². The van der Waals surface area contributed by atoms with E-state index in [0.717, 1.165) is 21.9 Å². The summed E-state index contributed by atoms with van der Waals surface area (Å²) in [6.45, 7) is 0. The Morgan fingerprint density at radius 1 is 0.905 bits per heavy atom. The molecule has 96 valence electrons. The second-order valence-electron chi connectivity index (χ2n) is 4.81. The number of benzene rings is 2. The molecule has 0 spiro atoms. The zero-order valence-electron chi connectivity index (χ0n) is 10.9. The second kappa shape index (κ2) is 4.06. The maximum atomic E-state index is 9.37. The predicted molar refractivity (Wildman–Crippen MR) is 79.6 cm³/mol. The molecule has 2 aromatic carbocycles. The monoisotopic (exact) mass is 268 g/mol. The van der Waals surface area contributed by atoms with Crippen LogP contribution in [-0.2, 0) is 0 Å². The first kappa shape index (κ1) is 11.5. The van der Waals surface area contributed by atoms with E-state index in [-0.39, 0.29) is 0 Å². The van der Waals surface area contributed by atoms with E-state index in [0.29, 0.717) is 16.8 Å². The molecule has 4 aromatic rings. The van der Waals surface area contributed by atoms with Crippen molar-refractivity contribution in [3.05, 3.63) is 59.7 Å². The van der Waals surface area contributed by atoms with Crippen LogP contribution in [0.5, 0.6) is 0 Å². The van der Waals surface area contributed by atoms with Crippen molar-refractivity contribution in [2.24, 2.45) is 0 Å². The standard InChI is InChI=1S/C17H8N4/c18-9-11-5-6-12-8-13(10-19)17-20-14-3-1-2-4-15(14)21(17)16(12)7-11/h1-8H. The number of hydrogen-bond acceptors (Lipinski definition) is 3. The number of pyridine rings is 1. The Morgan fingerprint density at radius 2 is 1.76 bits per heavy atom. The fraction of sp³-hybridized carbons (Fsp3) is 0. The van der Waals surface area contributed by atoms with E-state index >= 15 is 0 Å². The summed E-state index contributed by atoms with van der Waals surface area (Å²) < 4.78 is 1.95. The van der Waals surface area contributed by atoms with Crippen molar-refractivity contribution < 1.29 is 0 Å². The summed E-state index contributed by atoms with van der Waals surface area (Å²) in [5.74, 6) is 0. The molecule has 0 aliphatic rings. The highest BCUT2D eigenvalue weighted by molar-refractivity contribution is 5.93. The number of fused-ring (bicyclic) bond motifs is 5. The first-order valence-corrected chi connectivity index (χ1v) is 6.46. The van der Waals surface area contributed by atoms with Gasteiger partial charge in [0.2, 0.25) is 0 Å².